The van der Waals surface area contributed by atoms with Crippen molar-refractivity contribution in [3.8, 4) is 6.07 Å². The zero-order valence-corrected chi connectivity index (χ0v) is 10.6. The van der Waals surface area contributed by atoms with Crippen LogP contribution in [-0.2, 0) is 10.0 Å². The molecule has 1 atom stereocenters. The fourth-order valence-corrected chi connectivity index (χ4v) is 2.58. The second kappa shape index (κ2) is 5.73. The standard InChI is InChI=1S/C10H10FN3O4S/c1-2-7(6-12)13-19(17,18)10-5-8(14(15)16)3-4-9(10)11/h3-5,7,13H,2H2,1H3. The molecule has 0 aromatic heterocycles. The predicted octanol–water partition coefficient (Wildman–Crippen LogP) is 1.31. The smallest absolute Gasteiger partial charge is 0.258 e. The normalized spacial score (nSPS) is 12.7. The first kappa shape index (κ1) is 15.0. The summed E-state index contributed by atoms with van der Waals surface area (Å²) in [5.41, 5.74) is -0.549. The number of rotatable bonds is 5. The first-order valence-corrected chi connectivity index (χ1v) is 6.66. The van der Waals surface area contributed by atoms with Gasteiger partial charge in [0.2, 0.25) is 10.0 Å². The highest BCUT2D eigenvalue weighted by Gasteiger charge is 2.25. The highest BCUT2D eigenvalue weighted by Crippen LogP contribution is 2.21. The Morgan fingerprint density at radius 3 is 2.68 bits per heavy atom. The molecule has 19 heavy (non-hydrogen) atoms. The number of nitriles is 1. The highest BCUT2D eigenvalue weighted by atomic mass is 32.2. The van der Waals surface area contributed by atoms with Crippen LogP contribution in [0.4, 0.5) is 10.1 Å². The van der Waals surface area contributed by atoms with Crippen LogP contribution in [0.1, 0.15) is 13.3 Å². The van der Waals surface area contributed by atoms with Crippen LogP contribution in [0.2, 0.25) is 0 Å². The van der Waals surface area contributed by atoms with Crippen LogP contribution in [0.25, 0.3) is 0 Å². The van der Waals surface area contributed by atoms with Crippen molar-refractivity contribution in [2.75, 3.05) is 0 Å². The first-order valence-electron chi connectivity index (χ1n) is 5.17. The number of nitro benzene ring substituents is 1. The number of benzene rings is 1. The van der Waals surface area contributed by atoms with Gasteiger partial charge in [0.1, 0.15) is 16.8 Å². The fourth-order valence-electron chi connectivity index (χ4n) is 1.26. The Balaban J connectivity index is 3.25. The summed E-state index contributed by atoms with van der Waals surface area (Å²) >= 11 is 0. The minimum absolute atomic E-state index is 0.187. The molecule has 1 N–H and O–H groups in total. The zero-order chi connectivity index (χ0) is 14.6. The Morgan fingerprint density at radius 2 is 2.21 bits per heavy atom. The number of sulfonamides is 1. The van der Waals surface area contributed by atoms with E-state index in [1.54, 1.807) is 13.0 Å². The molecule has 0 radical (unpaired) electrons. The van der Waals surface area contributed by atoms with Crippen molar-refractivity contribution in [1.82, 2.24) is 4.72 Å². The zero-order valence-electron chi connectivity index (χ0n) is 9.83. The van der Waals surface area contributed by atoms with Crippen molar-refractivity contribution in [3.05, 3.63) is 34.1 Å². The van der Waals surface area contributed by atoms with Crippen molar-refractivity contribution >= 4 is 15.7 Å². The van der Waals surface area contributed by atoms with Crippen molar-refractivity contribution < 1.29 is 17.7 Å². The van der Waals surface area contributed by atoms with Gasteiger partial charge in [-0.15, -0.1) is 0 Å². The van der Waals surface area contributed by atoms with Gasteiger partial charge in [-0.2, -0.15) is 9.98 Å². The van der Waals surface area contributed by atoms with E-state index < -0.39 is 37.4 Å². The maximum atomic E-state index is 13.5. The molecule has 0 saturated heterocycles. The molecule has 102 valence electrons. The molecule has 0 bridgehead atoms. The van der Waals surface area contributed by atoms with Gasteiger partial charge in [0, 0.05) is 12.1 Å². The Bertz CT molecular complexity index is 639. The molecule has 0 amide bonds. The van der Waals surface area contributed by atoms with E-state index >= 15 is 0 Å². The number of nitrogens with zero attached hydrogens (tertiary/aromatic N) is 2. The Labute approximate surface area is 108 Å². The summed E-state index contributed by atoms with van der Waals surface area (Å²) in [6.07, 6.45) is 0.187. The molecular weight excluding hydrogens is 277 g/mol. The van der Waals surface area contributed by atoms with Crippen molar-refractivity contribution in [3.63, 3.8) is 0 Å². The summed E-state index contributed by atoms with van der Waals surface area (Å²) < 4.78 is 39.1. The van der Waals surface area contributed by atoms with Crippen LogP contribution in [0.3, 0.4) is 0 Å². The third-order valence-electron chi connectivity index (χ3n) is 2.28. The Morgan fingerprint density at radius 1 is 1.58 bits per heavy atom. The van der Waals surface area contributed by atoms with Gasteiger partial charge in [-0.1, -0.05) is 6.92 Å². The monoisotopic (exact) mass is 287 g/mol. The van der Waals surface area contributed by atoms with Gasteiger partial charge in [0.05, 0.1) is 11.0 Å². The van der Waals surface area contributed by atoms with Crippen molar-refractivity contribution in [2.24, 2.45) is 0 Å². The average Bonchev–Trinajstić information content (AvgIpc) is 2.35. The van der Waals surface area contributed by atoms with Crippen LogP contribution in [0.5, 0.6) is 0 Å². The second-order valence-electron chi connectivity index (χ2n) is 3.58. The predicted molar refractivity (Wildman–Crippen MR) is 63.1 cm³/mol. The van der Waals surface area contributed by atoms with Crippen molar-refractivity contribution in [1.29, 1.82) is 5.26 Å². The summed E-state index contributed by atoms with van der Waals surface area (Å²) in [7, 11) is -4.32. The molecular formula is C10H10FN3O4S. The maximum Gasteiger partial charge on any atom is 0.270 e. The summed E-state index contributed by atoms with van der Waals surface area (Å²) in [6.45, 7) is 1.57. The molecule has 0 spiro atoms. The van der Waals surface area contributed by atoms with Crippen molar-refractivity contribution in [2.45, 2.75) is 24.3 Å². The molecule has 1 aromatic carbocycles. The van der Waals surface area contributed by atoms with Gasteiger partial charge in [-0.25, -0.2) is 12.8 Å². The van der Waals surface area contributed by atoms with Gasteiger partial charge >= 0.3 is 0 Å². The first-order chi connectivity index (χ1) is 8.81. The topological polar surface area (TPSA) is 113 Å². The van der Waals surface area contributed by atoms with Gasteiger partial charge in [0.15, 0.2) is 0 Å². The molecule has 0 aliphatic rings. The summed E-state index contributed by atoms with van der Waals surface area (Å²) in [4.78, 5) is 8.86. The lowest BCUT2D eigenvalue weighted by Crippen LogP contribution is -2.33. The molecule has 7 nitrogen and oxygen atoms in total. The van der Waals surface area contributed by atoms with Crippen LogP contribution >= 0.6 is 0 Å². The maximum absolute atomic E-state index is 13.5. The molecule has 9 heteroatoms. The van der Waals surface area contributed by atoms with Gasteiger partial charge in [0.25, 0.3) is 5.69 Å². The van der Waals surface area contributed by atoms with Crippen LogP contribution in [0, 0.1) is 27.3 Å². The Hall–Kier alpha value is -2.05. The molecule has 0 saturated carbocycles. The molecule has 0 fully saturated rings. The quantitative estimate of drug-likeness (QED) is 0.648. The molecule has 0 aliphatic carbocycles. The van der Waals surface area contributed by atoms with E-state index in [0.717, 1.165) is 6.07 Å². The molecule has 1 rings (SSSR count). The molecule has 0 heterocycles. The number of nitro groups is 1. The number of hydrogen-bond acceptors (Lipinski definition) is 5. The fraction of sp³-hybridized carbons (Fsp3) is 0.300. The number of halogens is 1. The van der Waals surface area contributed by atoms with E-state index in [9.17, 15) is 22.9 Å². The average molecular weight is 287 g/mol. The minimum atomic E-state index is -4.32. The number of hydrogen-bond donors (Lipinski definition) is 1. The molecule has 1 aromatic rings. The van der Waals surface area contributed by atoms with Crippen LogP contribution in [0.15, 0.2) is 23.1 Å². The minimum Gasteiger partial charge on any atom is -0.258 e. The van der Waals surface area contributed by atoms with Crippen LogP contribution < -0.4 is 4.72 Å². The highest BCUT2D eigenvalue weighted by molar-refractivity contribution is 7.89. The Kier molecular flexibility index (Phi) is 4.52. The molecule has 1 unspecified atom stereocenters. The third-order valence-corrected chi connectivity index (χ3v) is 3.76. The lowest BCUT2D eigenvalue weighted by atomic mass is 10.3. The van der Waals surface area contributed by atoms with E-state index in [4.69, 9.17) is 5.26 Å². The van der Waals surface area contributed by atoms with Gasteiger partial charge in [-0.3, -0.25) is 10.1 Å². The lowest BCUT2D eigenvalue weighted by Gasteiger charge is -2.10. The van der Waals surface area contributed by atoms with E-state index in [-0.39, 0.29) is 6.42 Å². The van der Waals surface area contributed by atoms with E-state index in [2.05, 4.69) is 0 Å². The molecule has 0 aliphatic heterocycles. The van der Waals surface area contributed by atoms with E-state index in [1.165, 1.54) is 0 Å². The SMILES string of the molecule is CCC(C#N)NS(=O)(=O)c1cc([N+](=O)[O-])ccc1F. The van der Waals surface area contributed by atoms with Gasteiger partial charge < -0.3 is 0 Å². The summed E-state index contributed by atoms with van der Waals surface area (Å²) in [5, 5.41) is 19.2. The number of nitrogens with one attached hydrogen (secondary N) is 1. The lowest BCUT2D eigenvalue weighted by molar-refractivity contribution is -0.385. The third kappa shape index (κ3) is 3.46. The second-order valence-corrected chi connectivity index (χ2v) is 5.27. The summed E-state index contributed by atoms with van der Waals surface area (Å²) in [5.74, 6) is -1.12. The van der Waals surface area contributed by atoms with Crippen LogP contribution in [-0.4, -0.2) is 19.4 Å². The van der Waals surface area contributed by atoms with Gasteiger partial charge in [-0.05, 0) is 12.5 Å². The number of non-ortho nitro benzene ring substituents is 1. The van der Waals surface area contributed by atoms with E-state index in [0.29, 0.717) is 12.1 Å². The summed E-state index contributed by atoms with van der Waals surface area (Å²) in [6, 6.07) is 2.83. The van der Waals surface area contributed by atoms with E-state index in [1.807, 2.05) is 4.72 Å². The largest absolute Gasteiger partial charge is 0.270 e.